The van der Waals surface area contributed by atoms with Crippen LogP contribution in [0.25, 0.3) is 11.0 Å². The standard InChI is InChI=1S/C18H23N3/c1-18(2,3)14-9-8-13(11-19)17(10-14)21-12-20-15-6-4-5-7-16(15)21/h4-7,12-14,17H,8-10H2,1-3H3. The Balaban J connectivity index is 1.99. The van der Waals surface area contributed by atoms with Crippen LogP contribution < -0.4 is 0 Å². The second-order valence-corrected chi connectivity index (χ2v) is 7.32. The van der Waals surface area contributed by atoms with Crippen molar-refractivity contribution >= 4 is 11.0 Å². The largest absolute Gasteiger partial charge is 0.326 e. The number of imidazole rings is 1. The second-order valence-electron chi connectivity index (χ2n) is 7.32. The number of fused-ring (bicyclic) bond motifs is 1. The first kappa shape index (κ1) is 14.1. The van der Waals surface area contributed by atoms with Gasteiger partial charge in [0.1, 0.15) is 0 Å². The molecule has 21 heavy (non-hydrogen) atoms. The van der Waals surface area contributed by atoms with Crippen molar-refractivity contribution in [2.45, 2.75) is 46.1 Å². The molecule has 3 atom stereocenters. The van der Waals surface area contributed by atoms with Crippen LogP contribution in [0, 0.1) is 28.6 Å². The van der Waals surface area contributed by atoms with Crippen molar-refractivity contribution in [1.82, 2.24) is 9.55 Å². The zero-order valence-corrected chi connectivity index (χ0v) is 13.1. The van der Waals surface area contributed by atoms with Crippen molar-refractivity contribution in [3.8, 4) is 6.07 Å². The van der Waals surface area contributed by atoms with Crippen molar-refractivity contribution in [3.05, 3.63) is 30.6 Å². The minimum atomic E-state index is 0.0983. The second kappa shape index (κ2) is 5.18. The van der Waals surface area contributed by atoms with Gasteiger partial charge in [0.25, 0.3) is 0 Å². The van der Waals surface area contributed by atoms with E-state index in [2.05, 4.69) is 42.5 Å². The molecule has 1 aromatic carbocycles. The van der Waals surface area contributed by atoms with Crippen LogP contribution in [-0.4, -0.2) is 9.55 Å². The molecule has 3 heteroatoms. The molecule has 0 saturated heterocycles. The van der Waals surface area contributed by atoms with Crippen molar-refractivity contribution in [2.24, 2.45) is 17.3 Å². The third kappa shape index (κ3) is 2.55. The Hall–Kier alpha value is -1.82. The summed E-state index contributed by atoms with van der Waals surface area (Å²) in [4.78, 5) is 4.50. The van der Waals surface area contributed by atoms with Crippen molar-refractivity contribution in [2.75, 3.05) is 0 Å². The highest BCUT2D eigenvalue weighted by atomic mass is 15.1. The van der Waals surface area contributed by atoms with Crippen LogP contribution in [0.3, 0.4) is 0 Å². The summed E-state index contributed by atoms with van der Waals surface area (Å²) >= 11 is 0. The minimum Gasteiger partial charge on any atom is -0.326 e. The molecule has 0 bridgehead atoms. The van der Waals surface area contributed by atoms with Gasteiger partial charge in [0.15, 0.2) is 0 Å². The Morgan fingerprint density at radius 3 is 2.71 bits per heavy atom. The van der Waals surface area contributed by atoms with Gasteiger partial charge < -0.3 is 4.57 Å². The van der Waals surface area contributed by atoms with Crippen LogP contribution in [0.2, 0.25) is 0 Å². The van der Waals surface area contributed by atoms with Crippen molar-refractivity contribution < 1.29 is 0 Å². The highest BCUT2D eigenvalue weighted by Gasteiger charge is 2.37. The molecule has 3 rings (SSSR count). The molecule has 1 heterocycles. The first-order chi connectivity index (χ1) is 10.0. The molecule has 110 valence electrons. The van der Waals surface area contributed by atoms with Gasteiger partial charge >= 0.3 is 0 Å². The van der Waals surface area contributed by atoms with Gasteiger partial charge in [-0.05, 0) is 42.7 Å². The zero-order valence-electron chi connectivity index (χ0n) is 13.1. The van der Waals surface area contributed by atoms with Crippen LogP contribution in [-0.2, 0) is 0 Å². The highest BCUT2D eigenvalue weighted by Crippen LogP contribution is 2.45. The summed E-state index contributed by atoms with van der Waals surface area (Å²) in [6.07, 6.45) is 5.15. The Kier molecular flexibility index (Phi) is 3.49. The Labute approximate surface area is 126 Å². The highest BCUT2D eigenvalue weighted by molar-refractivity contribution is 5.75. The van der Waals surface area contributed by atoms with E-state index in [1.807, 2.05) is 24.5 Å². The van der Waals surface area contributed by atoms with Crippen molar-refractivity contribution in [3.63, 3.8) is 0 Å². The van der Waals surface area contributed by atoms with Gasteiger partial charge in [-0.3, -0.25) is 0 Å². The monoisotopic (exact) mass is 281 g/mol. The lowest BCUT2D eigenvalue weighted by atomic mass is 9.68. The van der Waals surface area contributed by atoms with Gasteiger partial charge in [-0.2, -0.15) is 5.26 Å². The molecular formula is C18H23N3. The molecule has 3 unspecified atom stereocenters. The number of hydrogen-bond acceptors (Lipinski definition) is 2. The third-order valence-electron chi connectivity index (χ3n) is 5.05. The Bertz CT molecular complexity index is 672. The molecule has 1 fully saturated rings. The van der Waals surface area contributed by atoms with E-state index in [1.165, 1.54) is 0 Å². The van der Waals surface area contributed by atoms with Gasteiger partial charge in [-0.1, -0.05) is 32.9 Å². The topological polar surface area (TPSA) is 41.6 Å². The average Bonchev–Trinajstić information content (AvgIpc) is 2.89. The lowest BCUT2D eigenvalue weighted by Crippen LogP contribution is -2.32. The van der Waals surface area contributed by atoms with E-state index in [1.54, 1.807) is 0 Å². The molecule has 0 radical (unpaired) electrons. The molecule has 1 aromatic heterocycles. The fourth-order valence-corrected chi connectivity index (χ4v) is 3.63. The maximum Gasteiger partial charge on any atom is 0.0961 e. The van der Waals surface area contributed by atoms with Crippen LogP contribution >= 0.6 is 0 Å². The lowest BCUT2D eigenvalue weighted by Gasteiger charge is -2.40. The summed E-state index contributed by atoms with van der Waals surface area (Å²) in [7, 11) is 0. The fourth-order valence-electron chi connectivity index (χ4n) is 3.63. The maximum atomic E-state index is 9.54. The fraction of sp³-hybridized carbons (Fsp3) is 0.556. The van der Waals surface area contributed by atoms with Crippen LogP contribution in [0.1, 0.15) is 46.1 Å². The number of aromatic nitrogens is 2. The smallest absolute Gasteiger partial charge is 0.0961 e. The van der Waals surface area contributed by atoms with E-state index in [4.69, 9.17) is 0 Å². The quantitative estimate of drug-likeness (QED) is 0.768. The van der Waals surface area contributed by atoms with E-state index in [9.17, 15) is 5.26 Å². The van der Waals surface area contributed by atoms with E-state index < -0.39 is 0 Å². The van der Waals surface area contributed by atoms with E-state index >= 15 is 0 Å². The average molecular weight is 281 g/mol. The molecular weight excluding hydrogens is 258 g/mol. The Morgan fingerprint density at radius 2 is 2.00 bits per heavy atom. The minimum absolute atomic E-state index is 0.0983. The van der Waals surface area contributed by atoms with Gasteiger partial charge in [-0.25, -0.2) is 4.98 Å². The molecule has 3 nitrogen and oxygen atoms in total. The maximum absolute atomic E-state index is 9.54. The number of para-hydroxylation sites is 2. The summed E-state index contributed by atoms with van der Waals surface area (Å²) in [5, 5.41) is 9.54. The summed E-state index contributed by atoms with van der Waals surface area (Å²) in [5.74, 6) is 0.759. The summed E-state index contributed by atoms with van der Waals surface area (Å²) in [6, 6.07) is 11.0. The number of rotatable bonds is 1. The molecule has 2 aromatic rings. The third-order valence-corrected chi connectivity index (χ3v) is 5.05. The SMILES string of the molecule is CC(C)(C)C1CCC(C#N)C(n2cnc3ccccc32)C1. The van der Waals surface area contributed by atoms with E-state index in [-0.39, 0.29) is 12.0 Å². The number of nitriles is 1. The number of hydrogen-bond donors (Lipinski definition) is 0. The first-order valence-electron chi connectivity index (χ1n) is 7.82. The molecule has 1 saturated carbocycles. The summed E-state index contributed by atoms with van der Waals surface area (Å²) in [5.41, 5.74) is 2.47. The van der Waals surface area contributed by atoms with Gasteiger partial charge in [0.05, 0.1) is 35.4 Å². The molecule has 1 aliphatic rings. The predicted octanol–water partition coefficient (Wildman–Crippen LogP) is 4.56. The molecule has 0 spiro atoms. The molecule has 0 aliphatic heterocycles. The van der Waals surface area contributed by atoms with E-state index in [0.717, 1.165) is 30.3 Å². The van der Waals surface area contributed by atoms with Crippen molar-refractivity contribution in [1.29, 1.82) is 5.26 Å². The van der Waals surface area contributed by atoms with Gasteiger partial charge in [-0.15, -0.1) is 0 Å². The van der Waals surface area contributed by atoms with Gasteiger partial charge in [0.2, 0.25) is 0 Å². The van der Waals surface area contributed by atoms with Crippen LogP contribution in [0.15, 0.2) is 30.6 Å². The van der Waals surface area contributed by atoms with Gasteiger partial charge in [0, 0.05) is 0 Å². The van der Waals surface area contributed by atoms with E-state index in [0.29, 0.717) is 11.3 Å². The number of benzene rings is 1. The van der Waals surface area contributed by atoms with Crippen LogP contribution in [0.4, 0.5) is 0 Å². The Morgan fingerprint density at radius 1 is 1.24 bits per heavy atom. The first-order valence-corrected chi connectivity index (χ1v) is 7.82. The van der Waals surface area contributed by atoms with Crippen LogP contribution in [0.5, 0.6) is 0 Å². The predicted molar refractivity (Wildman–Crippen MR) is 84.7 cm³/mol. The number of nitrogens with zero attached hydrogens (tertiary/aromatic N) is 3. The zero-order chi connectivity index (χ0) is 15.0. The summed E-state index contributed by atoms with van der Waals surface area (Å²) < 4.78 is 2.24. The molecule has 0 N–H and O–H groups in total. The molecule has 1 aliphatic carbocycles. The molecule has 0 amide bonds. The normalized spacial score (nSPS) is 26.7. The lowest BCUT2D eigenvalue weighted by molar-refractivity contribution is 0.123. The summed E-state index contributed by atoms with van der Waals surface area (Å²) in [6.45, 7) is 6.94.